The van der Waals surface area contributed by atoms with Crippen LogP contribution in [0.4, 0.5) is 0 Å². The summed E-state index contributed by atoms with van der Waals surface area (Å²) in [6, 6.07) is 6.16. The average Bonchev–Trinajstić information content (AvgIpc) is 2.74. The van der Waals surface area contributed by atoms with Crippen LogP contribution in [0.3, 0.4) is 0 Å². The van der Waals surface area contributed by atoms with E-state index in [0.29, 0.717) is 12.2 Å². The Balaban J connectivity index is 1.59. The zero-order valence-electron chi connectivity index (χ0n) is 16.5. The zero-order chi connectivity index (χ0) is 19.7. The molecule has 1 fully saturated rings. The second-order valence-corrected chi connectivity index (χ2v) is 7.36. The number of likely N-dealkylation sites (tertiary alicyclic amines) is 1. The van der Waals surface area contributed by atoms with Crippen molar-refractivity contribution in [3.05, 3.63) is 59.4 Å². The molecule has 6 heteroatoms. The first-order valence-electron chi connectivity index (χ1n) is 9.58. The fourth-order valence-corrected chi connectivity index (χ4v) is 3.88. The van der Waals surface area contributed by atoms with E-state index >= 15 is 0 Å². The average molecular weight is 376 g/mol. The van der Waals surface area contributed by atoms with E-state index in [1.165, 1.54) is 0 Å². The van der Waals surface area contributed by atoms with Gasteiger partial charge in [-0.05, 0) is 55.8 Å². The summed E-state index contributed by atoms with van der Waals surface area (Å²) in [5, 5.41) is 2.25. The fourth-order valence-electron chi connectivity index (χ4n) is 3.88. The lowest BCUT2D eigenvalue weighted by atomic mass is 9.92. The molecule has 6 nitrogen and oxygen atoms in total. The molecule has 0 bridgehead atoms. The molecule has 1 aliphatic rings. The number of carbonyl (C=O) groups excluding carboxylic acids is 1. The Morgan fingerprint density at radius 3 is 2.75 bits per heavy atom. The molecule has 144 valence electrons. The van der Waals surface area contributed by atoms with Gasteiger partial charge in [-0.1, -0.05) is 0 Å². The Hall–Kier alpha value is -3.02. The van der Waals surface area contributed by atoms with E-state index in [0.717, 1.165) is 52.9 Å². The Labute approximate surface area is 164 Å². The summed E-state index contributed by atoms with van der Waals surface area (Å²) in [5.41, 5.74) is 3.34. The number of nitrogens with zero attached hydrogens (tertiary/aromatic N) is 4. The maximum Gasteiger partial charge on any atom is 0.274 e. The van der Waals surface area contributed by atoms with Gasteiger partial charge < -0.3 is 9.64 Å². The normalized spacial score (nSPS) is 17.0. The summed E-state index contributed by atoms with van der Waals surface area (Å²) >= 11 is 0. The Morgan fingerprint density at radius 2 is 2.00 bits per heavy atom. The highest BCUT2D eigenvalue weighted by atomic mass is 16.5. The molecule has 1 amide bonds. The van der Waals surface area contributed by atoms with Crippen molar-refractivity contribution >= 4 is 16.7 Å². The van der Waals surface area contributed by atoms with E-state index in [9.17, 15) is 4.79 Å². The highest BCUT2D eigenvalue weighted by Gasteiger charge is 2.27. The van der Waals surface area contributed by atoms with Crippen LogP contribution in [-0.4, -0.2) is 46.0 Å². The number of piperidine rings is 1. The highest BCUT2D eigenvalue weighted by Crippen LogP contribution is 2.31. The minimum absolute atomic E-state index is 0.0594. The van der Waals surface area contributed by atoms with Crippen LogP contribution in [0.5, 0.6) is 5.75 Å². The minimum atomic E-state index is -0.0594. The van der Waals surface area contributed by atoms with Gasteiger partial charge in [-0.3, -0.25) is 14.8 Å². The maximum atomic E-state index is 12.8. The predicted molar refractivity (Wildman–Crippen MR) is 108 cm³/mol. The van der Waals surface area contributed by atoms with E-state index < -0.39 is 0 Å². The number of benzene rings is 1. The zero-order valence-corrected chi connectivity index (χ0v) is 16.5. The maximum absolute atomic E-state index is 12.8. The predicted octanol–water partition coefficient (Wildman–Crippen LogP) is 3.67. The molecule has 1 atom stereocenters. The Bertz CT molecular complexity index is 1020. The standard InChI is InChI=1S/C22H24N4O2/c1-14-10-24-20(12-23-14)22(27)26-8-4-5-17(13-26)19-9-18-15(2)21(28-3)7-6-16(18)11-25-19/h6-7,9-12,17H,4-5,8,13H2,1-3H3. The quantitative estimate of drug-likeness (QED) is 0.698. The van der Waals surface area contributed by atoms with Crippen LogP contribution in [0.1, 0.15) is 46.2 Å². The molecule has 0 radical (unpaired) electrons. The summed E-state index contributed by atoms with van der Waals surface area (Å²) in [4.78, 5) is 27.8. The lowest BCUT2D eigenvalue weighted by molar-refractivity contribution is 0.0699. The third-order valence-corrected chi connectivity index (χ3v) is 5.49. The highest BCUT2D eigenvalue weighted by molar-refractivity contribution is 5.92. The van der Waals surface area contributed by atoms with E-state index in [-0.39, 0.29) is 11.8 Å². The number of amides is 1. The van der Waals surface area contributed by atoms with Gasteiger partial charge in [0.15, 0.2) is 0 Å². The van der Waals surface area contributed by atoms with Gasteiger partial charge in [0.2, 0.25) is 0 Å². The molecule has 1 aromatic carbocycles. The number of pyridine rings is 1. The van der Waals surface area contributed by atoms with Gasteiger partial charge in [0, 0.05) is 42.5 Å². The summed E-state index contributed by atoms with van der Waals surface area (Å²) < 4.78 is 5.46. The molecule has 0 N–H and O–H groups in total. The molecule has 0 aliphatic carbocycles. The van der Waals surface area contributed by atoms with Crippen molar-refractivity contribution in [2.75, 3.05) is 20.2 Å². The summed E-state index contributed by atoms with van der Waals surface area (Å²) in [7, 11) is 1.69. The van der Waals surface area contributed by atoms with Crippen LogP contribution in [0.2, 0.25) is 0 Å². The van der Waals surface area contributed by atoms with Gasteiger partial charge >= 0.3 is 0 Å². The molecule has 3 aromatic rings. The lowest BCUT2D eigenvalue weighted by Gasteiger charge is -2.32. The van der Waals surface area contributed by atoms with Crippen molar-refractivity contribution in [1.82, 2.24) is 19.9 Å². The van der Waals surface area contributed by atoms with Crippen LogP contribution in [0.15, 0.2) is 36.8 Å². The van der Waals surface area contributed by atoms with Crippen molar-refractivity contribution in [3.63, 3.8) is 0 Å². The molecule has 3 heterocycles. The summed E-state index contributed by atoms with van der Waals surface area (Å²) in [6.07, 6.45) is 7.08. The van der Waals surface area contributed by atoms with Gasteiger partial charge in [-0.25, -0.2) is 4.98 Å². The second-order valence-electron chi connectivity index (χ2n) is 7.36. The molecule has 0 spiro atoms. The second kappa shape index (κ2) is 7.54. The molecule has 1 unspecified atom stereocenters. The Kier molecular flexibility index (Phi) is 4.94. The number of ether oxygens (including phenoxy) is 1. The number of methoxy groups -OCH3 is 1. The van der Waals surface area contributed by atoms with Crippen LogP contribution in [0.25, 0.3) is 10.8 Å². The van der Waals surface area contributed by atoms with Crippen molar-refractivity contribution in [1.29, 1.82) is 0 Å². The van der Waals surface area contributed by atoms with Gasteiger partial charge in [0.05, 0.1) is 19.0 Å². The monoisotopic (exact) mass is 376 g/mol. The number of aromatic nitrogens is 3. The van der Waals surface area contributed by atoms with Gasteiger partial charge in [0.25, 0.3) is 5.91 Å². The summed E-state index contributed by atoms with van der Waals surface area (Å²) in [6.45, 7) is 5.32. The summed E-state index contributed by atoms with van der Waals surface area (Å²) in [5.74, 6) is 1.03. The number of carbonyl (C=O) groups is 1. The van der Waals surface area contributed by atoms with Crippen LogP contribution < -0.4 is 4.74 Å². The van der Waals surface area contributed by atoms with E-state index in [4.69, 9.17) is 9.72 Å². The molecular weight excluding hydrogens is 352 g/mol. The first kappa shape index (κ1) is 18.3. The van der Waals surface area contributed by atoms with Crippen LogP contribution >= 0.6 is 0 Å². The molecule has 4 rings (SSSR count). The molecule has 1 saturated heterocycles. The van der Waals surface area contributed by atoms with Crippen molar-refractivity contribution < 1.29 is 9.53 Å². The number of rotatable bonds is 3. The molecule has 28 heavy (non-hydrogen) atoms. The molecular formula is C22H24N4O2. The largest absolute Gasteiger partial charge is 0.496 e. The third kappa shape index (κ3) is 3.42. The van der Waals surface area contributed by atoms with E-state index in [1.54, 1.807) is 19.5 Å². The van der Waals surface area contributed by atoms with Gasteiger partial charge in [0.1, 0.15) is 11.4 Å². The molecule has 1 aliphatic heterocycles. The van der Waals surface area contributed by atoms with Crippen LogP contribution in [0, 0.1) is 13.8 Å². The first-order valence-corrected chi connectivity index (χ1v) is 9.58. The van der Waals surface area contributed by atoms with Crippen molar-refractivity contribution in [3.8, 4) is 5.75 Å². The lowest BCUT2D eigenvalue weighted by Crippen LogP contribution is -2.39. The van der Waals surface area contributed by atoms with Crippen molar-refractivity contribution in [2.45, 2.75) is 32.6 Å². The van der Waals surface area contributed by atoms with Gasteiger partial charge in [-0.15, -0.1) is 0 Å². The smallest absolute Gasteiger partial charge is 0.274 e. The molecule has 0 saturated carbocycles. The molecule has 2 aromatic heterocycles. The minimum Gasteiger partial charge on any atom is -0.496 e. The number of fused-ring (bicyclic) bond motifs is 1. The number of hydrogen-bond donors (Lipinski definition) is 0. The third-order valence-electron chi connectivity index (χ3n) is 5.49. The van der Waals surface area contributed by atoms with Crippen molar-refractivity contribution in [2.24, 2.45) is 0 Å². The number of aryl methyl sites for hydroxylation is 2. The first-order chi connectivity index (χ1) is 13.6. The van der Waals surface area contributed by atoms with Gasteiger partial charge in [-0.2, -0.15) is 0 Å². The SMILES string of the molecule is COc1ccc2cnc(C3CCCN(C(=O)c4cnc(C)cn4)C3)cc2c1C. The topological polar surface area (TPSA) is 68.2 Å². The van der Waals surface area contributed by atoms with Crippen LogP contribution in [-0.2, 0) is 0 Å². The number of hydrogen-bond acceptors (Lipinski definition) is 5. The van der Waals surface area contributed by atoms with E-state index in [2.05, 4.69) is 23.0 Å². The fraction of sp³-hybridized carbons (Fsp3) is 0.364. The Morgan fingerprint density at radius 1 is 1.14 bits per heavy atom. The van der Waals surface area contributed by atoms with E-state index in [1.807, 2.05) is 30.2 Å².